The Morgan fingerprint density at radius 2 is 1.89 bits per heavy atom. The number of hydrogen-bond donors (Lipinski definition) is 1. The molecule has 152 valence electrons. The summed E-state index contributed by atoms with van der Waals surface area (Å²) in [5.74, 6) is 0.869. The second-order valence-corrected chi connectivity index (χ2v) is 7.76. The van der Waals surface area contributed by atoms with Crippen molar-refractivity contribution in [3.05, 3.63) is 29.7 Å². The minimum atomic E-state index is -0.0964. The van der Waals surface area contributed by atoms with Crippen molar-refractivity contribution in [2.75, 3.05) is 27.4 Å². The molecule has 4 rings (SSSR count). The molecule has 2 aliphatic rings. The molecule has 2 fully saturated rings. The molecule has 0 bridgehead atoms. The van der Waals surface area contributed by atoms with E-state index in [1.54, 1.807) is 14.2 Å². The average molecular weight is 387 g/mol. The topological polar surface area (TPSA) is 74.1 Å². The third-order valence-electron chi connectivity index (χ3n) is 6.02. The first-order chi connectivity index (χ1) is 13.7. The summed E-state index contributed by atoms with van der Waals surface area (Å²) in [5.41, 5.74) is 2.40. The summed E-state index contributed by atoms with van der Waals surface area (Å²) in [6.45, 7) is 1.56. The zero-order valence-corrected chi connectivity index (χ0v) is 16.6. The van der Waals surface area contributed by atoms with Gasteiger partial charge in [0.15, 0.2) is 0 Å². The number of rotatable bonds is 5. The summed E-state index contributed by atoms with van der Waals surface area (Å²) in [7, 11) is 3.35. The van der Waals surface area contributed by atoms with Crippen LogP contribution in [-0.2, 0) is 9.47 Å². The lowest BCUT2D eigenvalue weighted by molar-refractivity contribution is 0.0598. The lowest BCUT2D eigenvalue weighted by Crippen LogP contribution is -2.39. The van der Waals surface area contributed by atoms with Gasteiger partial charge >= 0.3 is 0 Å². The Morgan fingerprint density at radius 1 is 1.14 bits per heavy atom. The Bertz CT molecular complexity index is 820. The highest BCUT2D eigenvalue weighted by molar-refractivity contribution is 5.97. The standard InChI is InChI=1S/C21H29N3O4/c1-26-16-5-3-15(4-6-16)22-21(25)17-12-24-13-18(14-7-9-28-10-8-14)23-20(24)11-19(17)27-2/h11-16H,3-10H2,1-2H3,(H,22,25)/t15-,16+. The fourth-order valence-corrected chi connectivity index (χ4v) is 4.27. The highest BCUT2D eigenvalue weighted by Gasteiger charge is 2.25. The van der Waals surface area contributed by atoms with Gasteiger partial charge in [-0.1, -0.05) is 0 Å². The van der Waals surface area contributed by atoms with Crippen molar-refractivity contribution in [3.63, 3.8) is 0 Å². The highest BCUT2D eigenvalue weighted by atomic mass is 16.5. The van der Waals surface area contributed by atoms with Crippen LogP contribution >= 0.6 is 0 Å². The number of hydrogen-bond acceptors (Lipinski definition) is 5. The number of fused-ring (bicyclic) bond motifs is 1. The number of nitrogens with one attached hydrogen (secondary N) is 1. The zero-order chi connectivity index (χ0) is 19.5. The number of methoxy groups -OCH3 is 2. The molecule has 0 unspecified atom stereocenters. The van der Waals surface area contributed by atoms with Gasteiger partial charge in [0.05, 0.1) is 24.5 Å². The number of aromatic nitrogens is 2. The van der Waals surface area contributed by atoms with Gasteiger partial charge in [0.25, 0.3) is 5.91 Å². The van der Waals surface area contributed by atoms with E-state index >= 15 is 0 Å². The largest absolute Gasteiger partial charge is 0.496 e. The molecule has 0 spiro atoms. The molecule has 1 N–H and O–H groups in total. The molecule has 3 heterocycles. The molecule has 1 aliphatic heterocycles. The van der Waals surface area contributed by atoms with E-state index in [0.29, 0.717) is 23.3 Å². The number of ether oxygens (including phenoxy) is 3. The smallest absolute Gasteiger partial charge is 0.256 e. The average Bonchev–Trinajstić information content (AvgIpc) is 3.17. The van der Waals surface area contributed by atoms with E-state index in [-0.39, 0.29) is 11.9 Å². The Hall–Kier alpha value is -2.12. The molecule has 0 atom stereocenters. The van der Waals surface area contributed by atoms with Crippen LogP contribution in [0.1, 0.15) is 60.5 Å². The van der Waals surface area contributed by atoms with Crippen molar-refractivity contribution >= 4 is 11.6 Å². The van der Waals surface area contributed by atoms with Gasteiger partial charge in [0.1, 0.15) is 11.4 Å². The highest BCUT2D eigenvalue weighted by Crippen LogP contribution is 2.29. The van der Waals surface area contributed by atoms with Crippen molar-refractivity contribution in [2.45, 2.75) is 56.6 Å². The number of pyridine rings is 1. The Balaban J connectivity index is 1.53. The second-order valence-electron chi connectivity index (χ2n) is 7.76. The summed E-state index contributed by atoms with van der Waals surface area (Å²) in [5, 5.41) is 3.16. The van der Waals surface area contributed by atoms with Crippen molar-refractivity contribution in [1.82, 2.24) is 14.7 Å². The van der Waals surface area contributed by atoms with E-state index < -0.39 is 0 Å². The van der Waals surface area contributed by atoms with Crippen molar-refractivity contribution < 1.29 is 19.0 Å². The van der Waals surface area contributed by atoms with E-state index in [1.165, 1.54) is 0 Å². The summed E-state index contributed by atoms with van der Waals surface area (Å²) < 4.78 is 18.3. The van der Waals surface area contributed by atoms with Crippen LogP contribution in [0.15, 0.2) is 18.5 Å². The van der Waals surface area contributed by atoms with Crippen molar-refractivity contribution in [2.24, 2.45) is 0 Å². The molecule has 1 aliphatic carbocycles. The Morgan fingerprint density at radius 3 is 2.57 bits per heavy atom. The molecule has 2 aromatic heterocycles. The predicted molar refractivity (Wildman–Crippen MR) is 105 cm³/mol. The minimum Gasteiger partial charge on any atom is -0.496 e. The van der Waals surface area contributed by atoms with E-state index in [4.69, 9.17) is 19.2 Å². The number of nitrogens with zero attached hydrogens (tertiary/aromatic N) is 2. The first-order valence-corrected chi connectivity index (χ1v) is 10.2. The molecule has 7 heteroatoms. The van der Waals surface area contributed by atoms with Gasteiger partial charge in [-0.25, -0.2) is 4.98 Å². The zero-order valence-electron chi connectivity index (χ0n) is 16.6. The minimum absolute atomic E-state index is 0.0964. The molecular weight excluding hydrogens is 358 g/mol. The van der Waals surface area contributed by atoms with Gasteiger partial charge in [-0.2, -0.15) is 0 Å². The maximum atomic E-state index is 12.9. The maximum Gasteiger partial charge on any atom is 0.256 e. The second kappa shape index (κ2) is 8.49. The van der Waals surface area contributed by atoms with E-state index in [0.717, 1.165) is 63.1 Å². The molecule has 2 aromatic rings. The quantitative estimate of drug-likeness (QED) is 0.854. The van der Waals surface area contributed by atoms with Crippen LogP contribution in [0.3, 0.4) is 0 Å². The Labute approximate surface area is 165 Å². The van der Waals surface area contributed by atoms with E-state index in [1.807, 2.05) is 22.9 Å². The van der Waals surface area contributed by atoms with E-state index in [2.05, 4.69) is 5.32 Å². The van der Waals surface area contributed by atoms with Crippen molar-refractivity contribution in [3.8, 4) is 5.75 Å². The van der Waals surface area contributed by atoms with Crippen LogP contribution in [-0.4, -0.2) is 54.9 Å². The number of imidazole rings is 1. The van der Waals surface area contributed by atoms with Crippen LogP contribution in [0.25, 0.3) is 5.65 Å². The molecule has 1 saturated heterocycles. The maximum absolute atomic E-state index is 12.9. The normalized spacial score (nSPS) is 23.6. The van der Waals surface area contributed by atoms with Crippen LogP contribution in [0, 0.1) is 0 Å². The lowest BCUT2D eigenvalue weighted by Gasteiger charge is -2.28. The molecule has 28 heavy (non-hydrogen) atoms. The van der Waals surface area contributed by atoms with Crippen LogP contribution in [0.5, 0.6) is 5.75 Å². The predicted octanol–water partition coefficient (Wildman–Crippen LogP) is 2.92. The molecule has 0 radical (unpaired) electrons. The molecule has 1 saturated carbocycles. The van der Waals surface area contributed by atoms with Gasteiger partial charge in [-0.3, -0.25) is 4.79 Å². The van der Waals surface area contributed by atoms with Gasteiger partial charge < -0.3 is 23.9 Å². The number of carbonyl (C=O) groups excluding carboxylic acids is 1. The van der Waals surface area contributed by atoms with Gasteiger partial charge in [-0.05, 0) is 38.5 Å². The van der Waals surface area contributed by atoms with Gasteiger partial charge in [-0.15, -0.1) is 0 Å². The fourth-order valence-electron chi connectivity index (χ4n) is 4.27. The SMILES string of the molecule is COc1cc2nc(C3CCOCC3)cn2cc1C(=O)N[C@H]1CC[C@@H](OC)CC1. The first-order valence-electron chi connectivity index (χ1n) is 10.2. The Kier molecular flexibility index (Phi) is 5.82. The van der Waals surface area contributed by atoms with Crippen LogP contribution in [0.4, 0.5) is 0 Å². The van der Waals surface area contributed by atoms with Gasteiger partial charge in [0.2, 0.25) is 0 Å². The summed E-state index contributed by atoms with van der Waals surface area (Å²) in [6.07, 6.45) is 9.99. The molecule has 7 nitrogen and oxygen atoms in total. The summed E-state index contributed by atoms with van der Waals surface area (Å²) in [4.78, 5) is 17.7. The van der Waals surface area contributed by atoms with Crippen LogP contribution in [0.2, 0.25) is 0 Å². The summed E-state index contributed by atoms with van der Waals surface area (Å²) >= 11 is 0. The number of carbonyl (C=O) groups is 1. The third-order valence-corrected chi connectivity index (χ3v) is 6.02. The molecule has 1 amide bonds. The van der Waals surface area contributed by atoms with Crippen LogP contribution < -0.4 is 10.1 Å². The monoisotopic (exact) mass is 387 g/mol. The lowest BCUT2D eigenvalue weighted by atomic mass is 9.93. The molecular formula is C21H29N3O4. The first kappa shape index (κ1) is 19.2. The van der Waals surface area contributed by atoms with Gasteiger partial charge in [0, 0.05) is 50.7 Å². The third kappa shape index (κ3) is 4.00. The summed E-state index contributed by atoms with van der Waals surface area (Å²) in [6, 6.07) is 2.03. The van der Waals surface area contributed by atoms with E-state index in [9.17, 15) is 4.79 Å². The fraction of sp³-hybridized carbons (Fsp3) is 0.619. The molecule has 0 aromatic carbocycles. The number of amides is 1. The van der Waals surface area contributed by atoms with Crippen molar-refractivity contribution in [1.29, 1.82) is 0 Å².